The lowest BCUT2D eigenvalue weighted by molar-refractivity contribution is 0.396. The Morgan fingerprint density at radius 2 is 2.12 bits per heavy atom. The molecule has 0 aliphatic rings. The molecule has 0 aromatic carbocycles. The maximum atomic E-state index is 5.54. The topological polar surface area (TPSA) is 86.8 Å². The zero-order valence-corrected chi connectivity index (χ0v) is 9.31. The second-order valence-corrected chi connectivity index (χ2v) is 3.79. The number of ether oxygens (including phenoxy) is 1. The van der Waals surface area contributed by atoms with Gasteiger partial charge in [0.05, 0.1) is 13.3 Å². The lowest BCUT2D eigenvalue weighted by Crippen LogP contribution is -1.98. The zero-order valence-electron chi connectivity index (χ0n) is 8.49. The standard InChI is InChI=1S/C9H9N5OS/c1-15-6-4-7(14-9(10)13-6)16-8-5-11-2-3-12-8/h2-5H,1H3,(H2,10,13,14). The summed E-state index contributed by atoms with van der Waals surface area (Å²) in [5.41, 5.74) is 5.54. The van der Waals surface area contributed by atoms with Crippen LogP contribution < -0.4 is 10.5 Å². The second-order valence-electron chi connectivity index (χ2n) is 2.75. The molecule has 0 aliphatic carbocycles. The van der Waals surface area contributed by atoms with Gasteiger partial charge in [-0.1, -0.05) is 0 Å². The summed E-state index contributed by atoms with van der Waals surface area (Å²) in [5.74, 6) is 0.602. The summed E-state index contributed by atoms with van der Waals surface area (Å²) in [4.78, 5) is 16.0. The van der Waals surface area contributed by atoms with Crippen molar-refractivity contribution in [1.29, 1.82) is 0 Å². The van der Waals surface area contributed by atoms with E-state index in [2.05, 4.69) is 19.9 Å². The van der Waals surface area contributed by atoms with E-state index in [9.17, 15) is 0 Å². The predicted molar refractivity (Wildman–Crippen MR) is 59.2 cm³/mol. The largest absolute Gasteiger partial charge is 0.481 e. The molecule has 0 saturated heterocycles. The van der Waals surface area contributed by atoms with Crippen molar-refractivity contribution < 1.29 is 4.74 Å². The Hall–Kier alpha value is -1.89. The van der Waals surface area contributed by atoms with Crippen LogP contribution in [-0.2, 0) is 0 Å². The van der Waals surface area contributed by atoms with Crippen molar-refractivity contribution in [3.8, 4) is 5.88 Å². The van der Waals surface area contributed by atoms with E-state index in [1.165, 1.54) is 18.9 Å². The van der Waals surface area contributed by atoms with E-state index in [1.807, 2.05) is 0 Å². The fraction of sp³-hybridized carbons (Fsp3) is 0.111. The normalized spacial score (nSPS) is 10.1. The van der Waals surface area contributed by atoms with Gasteiger partial charge in [0, 0.05) is 18.5 Å². The van der Waals surface area contributed by atoms with Crippen molar-refractivity contribution in [2.75, 3.05) is 12.8 Å². The summed E-state index contributed by atoms with van der Waals surface area (Å²) in [7, 11) is 1.53. The van der Waals surface area contributed by atoms with Crippen molar-refractivity contribution in [3.63, 3.8) is 0 Å². The molecule has 2 heterocycles. The molecule has 0 saturated carbocycles. The van der Waals surface area contributed by atoms with Crippen LogP contribution in [0.4, 0.5) is 5.95 Å². The molecule has 82 valence electrons. The SMILES string of the molecule is COc1cc(Sc2cnccn2)nc(N)n1. The van der Waals surface area contributed by atoms with Gasteiger partial charge >= 0.3 is 0 Å². The predicted octanol–water partition coefficient (Wildman–Crippen LogP) is 1.01. The van der Waals surface area contributed by atoms with Gasteiger partial charge in [-0.15, -0.1) is 0 Å². The lowest BCUT2D eigenvalue weighted by Gasteiger charge is -2.03. The number of nitrogen functional groups attached to an aromatic ring is 1. The fourth-order valence-electron chi connectivity index (χ4n) is 1.02. The van der Waals surface area contributed by atoms with Gasteiger partial charge in [-0.2, -0.15) is 4.98 Å². The number of nitrogens with two attached hydrogens (primary N) is 1. The summed E-state index contributed by atoms with van der Waals surface area (Å²) < 4.78 is 4.99. The number of hydrogen-bond donors (Lipinski definition) is 1. The Kier molecular flexibility index (Phi) is 3.16. The Bertz CT molecular complexity index is 479. The van der Waals surface area contributed by atoms with Crippen LogP contribution in [-0.4, -0.2) is 27.0 Å². The molecule has 0 fully saturated rings. The van der Waals surface area contributed by atoms with Crippen molar-refractivity contribution >= 4 is 17.7 Å². The van der Waals surface area contributed by atoms with Crippen LogP contribution in [0.2, 0.25) is 0 Å². The molecule has 16 heavy (non-hydrogen) atoms. The van der Waals surface area contributed by atoms with Gasteiger partial charge in [-0.25, -0.2) is 9.97 Å². The van der Waals surface area contributed by atoms with Crippen LogP contribution in [0.3, 0.4) is 0 Å². The fourth-order valence-corrected chi connectivity index (χ4v) is 1.76. The number of aromatic nitrogens is 4. The van der Waals surface area contributed by atoms with Crippen molar-refractivity contribution in [2.45, 2.75) is 10.1 Å². The third-order valence-corrected chi connectivity index (χ3v) is 2.49. The molecule has 0 bridgehead atoms. The van der Waals surface area contributed by atoms with E-state index in [0.29, 0.717) is 10.9 Å². The first-order chi connectivity index (χ1) is 7.78. The van der Waals surface area contributed by atoms with Crippen molar-refractivity contribution in [2.24, 2.45) is 0 Å². The summed E-state index contributed by atoms with van der Waals surface area (Å²) >= 11 is 1.35. The Morgan fingerprint density at radius 3 is 2.81 bits per heavy atom. The van der Waals surface area contributed by atoms with Crippen LogP contribution in [0, 0.1) is 0 Å². The maximum absolute atomic E-state index is 5.54. The number of hydrogen-bond acceptors (Lipinski definition) is 7. The molecule has 0 unspecified atom stereocenters. The van der Waals surface area contributed by atoms with Gasteiger partial charge < -0.3 is 10.5 Å². The smallest absolute Gasteiger partial charge is 0.224 e. The highest BCUT2D eigenvalue weighted by Gasteiger charge is 2.05. The average molecular weight is 235 g/mol. The molecule has 0 atom stereocenters. The monoisotopic (exact) mass is 235 g/mol. The Labute approximate surface area is 96.3 Å². The van der Waals surface area contributed by atoms with Gasteiger partial charge in [0.25, 0.3) is 0 Å². The highest BCUT2D eigenvalue weighted by atomic mass is 32.2. The molecular formula is C9H9N5OS. The van der Waals surface area contributed by atoms with E-state index in [0.717, 1.165) is 5.03 Å². The lowest BCUT2D eigenvalue weighted by atomic mass is 10.6. The Morgan fingerprint density at radius 1 is 1.25 bits per heavy atom. The van der Waals surface area contributed by atoms with Gasteiger partial charge in [-0.05, 0) is 11.8 Å². The van der Waals surface area contributed by atoms with Gasteiger partial charge in [0.1, 0.15) is 10.1 Å². The summed E-state index contributed by atoms with van der Waals surface area (Å²) in [6.07, 6.45) is 4.87. The third-order valence-electron chi connectivity index (χ3n) is 1.65. The zero-order chi connectivity index (χ0) is 11.4. The van der Waals surface area contributed by atoms with Crippen LogP contribution in [0.15, 0.2) is 34.7 Å². The minimum atomic E-state index is 0.172. The van der Waals surface area contributed by atoms with E-state index < -0.39 is 0 Å². The number of rotatable bonds is 3. The summed E-state index contributed by atoms with van der Waals surface area (Å²) in [6, 6.07) is 1.69. The summed E-state index contributed by atoms with van der Waals surface area (Å²) in [5, 5.41) is 1.41. The third kappa shape index (κ3) is 2.57. The molecule has 7 heteroatoms. The molecule has 2 rings (SSSR count). The molecule has 0 amide bonds. The second kappa shape index (κ2) is 4.75. The van der Waals surface area contributed by atoms with Gasteiger partial charge in [0.15, 0.2) is 0 Å². The first-order valence-electron chi connectivity index (χ1n) is 4.40. The summed E-state index contributed by atoms with van der Waals surface area (Å²) in [6.45, 7) is 0. The van der Waals surface area contributed by atoms with Crippen LogP contribution in [0.1, 0.15) is 0 Å². The molecule has 0 spiro atoms. The maximum Gasteiger partial charge on any atom is 0.224 e. The Balaban J connectivity index is 2.24. The van der Waals surface area contributed by atoms with Crippen LogP contribution in [0.25, 0.3) is 0 Å². The first-order valence-corrected chi connectivity index (χ1v) is 5.22. The van der Waals surface area contributed by atoms with Crippen molar-refractivity contribution in [3.05, 3.63) is 24.7 Å². The highest BCUT2D eigenvalue weighted by Crippen LogP contribution is 2.25. The molecule has 0 radical (unpaired) electrons. The minimum Gasteiger partial charge on any atom is -0.481 e. The number of nitrogens with zero attached hydrogens (tertiary/aromatic N) is 4. The highest BCUT2D eigenvalue weighted by molar-refractivity contribution is 7.99. The van der Waals surface area contributed by atoms with E-state index >= 15 is 0 Å². The quantitative estimate of drug-likeness (QED) is 0.794. The van der Waals surface area contributed by atoms with Crippen LogP contribution in [0.5, 0.6) is 5.88 Å². The average Bonchev–Trinajstić information content (AvgIpc) is 2.29. The molecule has 2 aromatic heterocycles. The number of methoxy groups -OCH3 is 1. The first kappa shape index (κ1) is 10.6. The van der Waals surface area contributed by atoms with Crippen LogP contribution >= 0.6 is 11.8 Å². The molecular weight excluding hydrogens is 226 g/mol. The van der Waals surface area contributed by atoms with Gasteiger partial charge in [0.2, 0.25) is 11.8 Å². The van der Waals surface area contributed by atoms with E-state index in [1.54, 1.807) is 24.7 Å². The molecule has 2 N–H and O–H groups in total. The van der Waals surface area contributed by atoms with E-state index in [-0.39, 0.29) is 5.95 Å². The number of anilines is 1. The van der Waals surface area contributed by atoms with E-state index in [4.69, 9.17) is 10.5 Å². The van der Waals surface area contributed by atoms with Crippen molar-refractivity contribution in [1.82, 2.24) is 19.9 Å². The molecule has 2 aromatic rings. The minimum absolute atomic E-state index is 0.172. The molecule has 0 aliphatic heterocycles. The molecule has 6 nitrogen and oxygen atoms in total. The van der Waals surface area contributed by atoms with Gasteiger partial charge in [-0.3, -0.25) is 4.98 Å².